The van der Waals surface area contributed by atoms with Crippen LogP contribution in [0.1, 0.15) is 42.6 Å². The van der Waals surface area contributed by atoms with Crippen molar-refractivity contribution >= 4 is 17.5 Å². The van der Waals surface area contributed by atoms with Crippen LogP contribution in [0, 0.1) is 0 Å². The van der Waals surface area contributed by atoms with E-state index in [4.69, 9.17) is 16.2 Å². The summed E-state index contributed by atoms with van der Waals surface area (Å²) in [5.74, 6) is 0.514. The van der Waals surface area contributed by atoms with E-state index in [1.165, 1.54) is 25.3 Å². The van der Waals surface area contributed by atoms with Crippen molar-refractivity contribution in [2.75, 3.05) is 11.5 Å². The van der Waals surface area contributed by atoms with Crippen molar-refractivity contribution in [1.29, 1.82) is 0 Å². The normalized spacial score (nSPS) is 10.7. The molecule has 0 saturated carbocycles. The second kappa shape index (κ2) is 5.88. The first-order chi connectivity index (χ1) is 10.3. The number of nitrogens with zero attached hydrogens (tertiary/aromatic N) is 2. The van der Waals surface area contributed by atoms with E-state index in [0.717, 1.165) is 5.56 Å². The van der Waals surface area contributed by atoms with Crippen LogP contribution in [0.15, 0.2) is 18.3 Å². The zero-order valence-electron chi connectivity index (χ0n) is 12.6. The Kier molecular flexibility index (Phi) is 4.16. The lowest BCUT2D eigenvalue weighted by Gasteiger charge is -2.16. The van der Waals surface area contributed by atoms with Crippen molar-refractivity contribution in [2.45, 2.75) is 26.7 Å². The van der Waals surface area contributed by atoms with Crippen LogP contribution in [0.5, 0.6) is 17.2 Å². The molecule has 0 saturated heterocycles. The van der Waals surface area contributed by atoms with Gasteiger partial charge in [-0.3, -0.25) is 4.79 Å². The predicted molar refractivity (Wildman–Crippen MR) is 83.1 cm³/mol. The number of carbonyl (C=O) groups is 1. The topological polar surface area (TPSA) is 124 Å². The van der Waals surface area contributed by atoms with Gasteiger partial charge in [0.1, 0.15) is 11.5 Å². The van der Waals surface area contributed by atoms with E-state index in [1.807, 2.05) is 13.8 Å². The lowest BCUT2D eigenvalue weighted by molar-refractivity contribution is 0.101. The number of hydrogen-bond acceptors (Lipinski definition) is 7. The van der Waals surface area contributed by atoms with E-state index in [0.29, 0.717) is 5.75 Å². The lowest BCUT2D eigenvalue weighted by Crippen LogP contribution is -2.04. The third-order valence-electron chi connectivity index (χ3n) is 3.15. The summed E-state index contributed by atoms with van der Waals surface area (Å²) >= 11 is 0. The molecule has 1 aromatic heterocycles. The Hall–Kier alpha value is -2.83. The monoisotopic (exact) mass is 302 g/mol. The number of nitrogen functional groups attached to an aromatic ring is 2. The fourth-order valence-electron chi connectivity index (χ4n) is 2.00. The van der Waals surface area contributed by atoms with E-state index < -0.39 is 0 Å². The SMILES string of the molecule is CC(=O)c1cc(Oc2cnc(N)nc2N)c(C(C)C)cc1O. The van der Waals surface area contributed by atoms with Crippen molar-refractivity contribution in [3.8, 4) is 17.2 Å². The second-order valence-electron chi connectivity index (χ2n) is 5.20. The zero-order valence-corrected chi connectivity index (χ0v) is 12.6. The van der Waals surface area contributed by atoms with Crippen LogP contribution >= 0.6 is 0 Å². The molecule has 116 valence electrons. The number of ether oxygens (including phenoxy) is 1. The summed E-state index contributed by atoms with van der Waals surface area (Å²) in [7, 11) is 0. The molecular weight excluding hydrogens is 284 g/mol. The molecule has 0 atom stereocenters. The number of Topliss-reactive ketones (excluding diaryl/α,β-unsaturated/α-hetero) is 1. The Labute approximate surface area is 128 Å². The summed E-state index contributed by atoms with van der Waals surface area (Å²) in [5, 5.41) is 9.95. The molecule has 22 heavy (non-hydrogen) atoms. The number of ketones is 1. The quantitative estimate of drug-likeness (QED) is 0.741. The summed E-state index contributed by atoms with van der Waals surface area (Å²) in [5.41, 5.74) is 12.1. The Balaban J connectivity index is 2.52. The van der Waals surface area contributed by atoms with Crippen LogP contribution in [-0.2, 0) is 0 Å². The van der Waals surface area contributed by atoms with Gasteiger partial charge in [0.15, 0.2) is 17.4 Å². The average molecular weight is 302 g/mol. The van der Waals surface area contributed by atoms with E-state index in [-0.39, 0.29) is 40.5 Å². The number of phenols is 1. The fourth-order valence-corrected chi connectivity index (χ4v) is 2.00. The van der Waals surface area contributed by atoms with Gasteiger partial charge < -0.3 is 21.3 Å². The molecule has 1 aromatic carbocycles. The van der Waals surface area contributed by atoms with Gasteiger partial charge in [0.2, 0.25) is 5.95 Å². The standard InChI is InChI=1S/C15H18N4O3/c1-7(2)9-4-11(21)10(8(3)20)5-12(9)22-13-6-18-15(17)19-14(13)16/h4-7,21H,1-3H3,(H4,16,17,18,19). The highest BCUT2D eigenvalue weighted by Crippen LogP contribution is 2.37. The summed E-state index contributed by atoms with van der Waals surface area (Å²) in [6.07, 6.45) is 1.36. The largest absolute Gasteiger partial charge is 0.507 e. The van der Waals surface area contributed by atoms with Crippen molar-refractivity contribution in [3.63, 3.8) is 0 Å². The van der Waals surface area contributed by atoms with Gasteiger partial charge in [-0.25, -0.2) is 4.98 Å². The zero-order chi connectivity index (χ0) is 16.4. The Morgan fingerprint density at radius 2 is 1.95 bits per heavy atom. The van der Waals surface area contributed by atoms with Crippen LogP contribution in [0.4, 0.5) is 11.8 Å². The highest BCUT2D eigenvalue weighted by Gasteiger charge is 2.17. The van der Waals surface area contributed by atoms with Crippen LogP contribution in [0.3, 0.4) is 0 Å². The number of aromatic nitrogens is 2. The molecule has 0 aliphatic carbocycles. The Morgan fingerprint density at radius 3 is 2.50 bits per heavy atom. The Bertz CT molecular complexity index is 729. The predicted octanol–water partition coefficient (Wildman–Crippen LogP) is 2.46. The van der Waals surface area contributed by atoms with Gasteiger partial charge in [-0.05, 0) is 25.0 Å². The molecule has 0 spiro atoms. The number of rotatable bonds is 4. The molecule has 7 nitrogen and oxygen atoms in total. The highest BCUT2D eigenvalue weighted by atomic mass is 16.5. The van der Waals surface area contributed by atoms with Crippen molar-refractivity contribution in [2.24, 2.45) is 0 Å². The lowest BCUT2D eigenvalue weighted by atomic mass is 9.98. The molecule has 0 radical (unpaired) electrons. The van der Waals surface area contributed by atoms with Gasteiger partial charge in [-0.2, -0.15) is 4.98 Å². The van der Waals surface area contributed by atoms with Crippen LogP contribution in [0.2, 0.25) is 0 Å². The maximum atomic E-state index is 11.6. The fraction of sp³-hybridized carbons (Fsp3) is 0.267. The van der Waals surface area contributed by atoms with Gasteiger partial charge in [0, 0.05) is 5.56 Å². The first kappa shape index (κ1) is 15.6. The number of nitrogens with two attached hydrogens (primary N) is 2. The second-order valence-corrected chi connectivity index (χ2v) is 5.20. The molecule has 0 amide bonds. The molecule has 0 bridgehead atoms. The molecule has 5 N–H and O–H groups in total. The molecule has 7 heteroatoms. The number of aromatic hydroxyl groups is 1. The highest BCUT2D eigenvalue weighted by molar-refractivity contribution is 5.97. The van der Waals surface area contributed by atoms with Gasteiger partial charge >= 0.3 is 0 Å². The van der Waals surface area contributed by atoms with Gasteiger partial charge in [0.25, 0.3) is 0 Å². The third-order valence-corrected chi connectivity index (χ3v) is 3.15. The van der Waals surface area contributed by atoms with E-state index in [9.17, 15) is 9.90 Å². The number of benzene rings is 1. The summed E-state index contributed by atoms with van der Waals surface area (Å²) < 4.78 is 5.73. The smallest absolute Gasteiger partial charge is 0.222 e. The molecule has 0 fully saturated rings. The number of phenolic OH excluding ortho intramolecular Hbond substituents is 1. The third kappa shape index (κ3) is 3.08. The minimum absolute atomic E-state index is 0.0454. The number of carbonyl (C=O) groups excluding carboxylic acids is 1. The average Bonchev–Trinajstić information content (AvgIpc) is 2.42. The van der Waals surface area contributed by atoms with Crippen molar-refractivity contribution in [3.05, 3.63) is 29.5 Å². The van der Waals surface area contributed by atoms with Gasteiger partial charge in [-0.15, -0.1) is 0 Å². The molecule has 2 aromatic rings. The van der Waals surface area contributed by atoms with Gasteiger partial charge in [0.05, 0.1) is 11.8 Å². The van der Waals surface area contributed by atoms with Gasteiger partial charge in [-0.1, -0.05) is 13.8 Å². The molecular formula is C15H18N4O3. The first-order valence-electron chi connectivity index (χ1n) is 6.73. The van der Waals surface area contributed by atoms with E-state index in [1.54, 1.807) is 0 Å². The molecule has 1 heterocycles. The summed E-state index contributed by atoms with van der Waals surface area (Å²) in [4.78, 5) is 19.2. The summed E-state index contributed by atoms with van der Waals surface area (Å²) in [6.45, 7) is 5.25. The van der Waals surface area contributed by atoms with E-state index >= 15 is 0 Å². The molecule has 2 rings (SSSR count). The molecule has 0 aliphatic heterocycles. The maximum absolute atomic E-state index is 11.6. The van der Waals surface area contributed by atoms with Crippen LogP contribution in [-0.4, -0.2) is 20.9 Å². The van der Waals surface area contributed by atoms with Crippen LogP contribution in [0.25, 0.3) is 0 Å². The van der Waals surface area contributed by atoms with Crippen molar-refractivity contribution in [1.82, 2.24) is 9.97 Å². The number of hydrogen-bond donors (Lipinski definition) is 3. The first-order valence-corrected chi connectivity index (χ1v) is 6.73. The van der Waals surface area contributed by atoms with Crippen LogP contribution < -0.4 is 16.2 Å². The van der Waals surface area contributed by atoms with Crippen molar-refractivity contribution < 1.29 is 14.6 Å². The number of anilines is 2. The summed E-state index contributed by atoms with van der Waals surface area (Å²) in [6, 6.07) is 3.01. The Morgan fingerprint density at radius 1 is 1.27 bits per heavy atom. The molecule has 0 aliphatic rings. The minimum atomic E-state index is -0.265. The van der Waals surface area contributed by atoms with E-state index in [2.05, 4.69) is 9.97 Å². The maximum Gasteiger partial charge on any atom is 0.222 e. The molecule has 0 unspecified atom stereocenters. The minimum Gasteiger partial charge on any atom is -0.507 e.